The van der Waals surface area contributed by atoms with E-state index < -0.39 is 0 Å². The van der Waals surface area contributed by atoms with Crippen molar-refractivity contribution < 1.29 is 0 Å². The third-order valence-corrected chi connectivity index (χ3v) is 1.56. The minimum Gasteiger partial charge on any atom is -0.0912 e. The molecule has 0 aromatic heterocycles. The highest BCUT2D eigenvalue weighted by atomic mass is 79.9. The van der Waals surface area contributed by atoms with Crippen LogP contribution in [0.25, 0.3) is 0 Å². The first-order valence-electron chi connectivity index (χ1n) is 2.84. The lowest BCUT2D eigenvalue weighted by Gasteiger charge is -1.88. The smallest absolute Gasteiger partial charge is 0.0361 e. The van der Waals surface area contributed by atoms with Crippen molar-refractivity contribution in [2.45, 2.75) is 6.92 Å². The van der Waals surface area contributed by atoms with Crippen molar-refractivity contribution in [1.82, 2.24) is 0 Å². The van der Waals surface area contributed by atoms with Gasteiger partial charge in [-0.25, -0.2) is 0 Å². The number of halogens is 1. The quantitative estimate of drug-likeness (QED) is 0.506. The van der Waals surface area contributed by atoms with Gasteiger partial charge in [-0.2, -0.15) is 0 Å². The summed E-state index contributed by atoms with van der Waals surface area (Å²) in [5, 5.41) is 0. The second kappa shape index (κ2) is 2.89. The normalized spacial score (nSPS) is 23.8. The Labute approximate surface area is 63.8 Å². The van der Waals surface area contributed by atoms with Crippen molar-refractivity contribution in [3.05, 3.63) is 22.7 Å². The van der Waals surface area contributed by atoms with Crippen LogP contribution < -0.4 is 0 Å². The van der Waals surface area contributed by atoms with Crippen LogP contribution in [-0.2, 0) is 0 Å². The van der Waals surface area contributed by atoms with Crippen LogP contribution >= 0.6 is 15.9 Å². The molecular weight excluding hydrogens is 176 g/mol. The molecule has 0 aliphatic heterocycles. The fraction of sp³-hybridized carbons (Fsp3) is 0.250. The SMILES string of the molecule is CC1C#CC=C(Br)C=C1. The fourth-order valence-corrected chi connectivity index (χ4v) is 0.842. The molecule has 0 saturated carbocycles. The molecule has 1 aliphatic carbocycles. The average Bonchev–Trinajstić information content (AvgIpc) is 1.97. The summed E-state index contributed by atoms with van der Waals surface area (Å²) in [6.45, 7) is 2.07. The second-order valence-electron chi connectivity index (χ2n) is 1.97. The van der Waals surface area contributed by atoms with Crippen molar-refractivity contribution in [3.8, 4) is 11.8 Å². The Hall–Kier alpha value is -0.480. The topological polar surface area (TPSA) is 0 Å². The fourth-order valence-electron chi connectivity index (χ4n) is 0.575. The Balaban J connectivity index is 2.82. The monoisotopic (exact) mass is 182 g/mol. The van der Waals surface area contributed by atoms with Gasteiger partial charge in [0.2, 0.25) is 0 Å². The molecule has 46 valence electrons. The van der Waals surface area contributed by atoms with E-state index in [1.165, 1.54) is 0 Å². The van der Waals surface area contributed by atoms with Gasteiger partial charge in [0.05, 0.1) is 0 Å². The van der Waals surface area contributed by atoms with E-state index >= 15 is 0 Å². The minimum absolute atomic E-state index is 0.385. The average molecular weight is 183 g/mol. The van der Waals surface area contributed by atoms with Gasteiger partial charge < -0.3 is 0 Å². The highest BCUT2D eigenvalue weighted by Gasteiger charge is 1.91. The second-order valence-corrected chi connectivity index (χ2v) is 2.88. The Morgan fingerprint density at radius 3 is 3.22 bits per heavy atom. The van der Waals surface area contributed by atoms with Gasteiger partial charge in [0.15, 0.2) is 0 Å². The van der Waals surface area contributed by atoms with Gasteiger partial charge in [0.25, 0.3) is 0 Å². The van der Waals surface area contributed by atoms with Gasteiger partial charge in [-0.05, 0) is 6.92 Å². The van der Waals surface area contributed by atoms with E-state index in [9.17, 15) is 0 Å². The summed E-state index contributed by atoms with van der Waals surface area (Å²) >= 11 is 3.34. The molecule has 1 rings (SSSR count). The van der Waals surface area contributed by atoms with E-state index in [-0.39, 0.29) is 0 Å². The van der Waals surface area contributed by atoms with Crippen molar-refractivity contribution in [3.63, 3.8) is 0 Å². The molecule has 1 aliphatic rings. The van der Waals surface area contributed by atoms with Gasteiger partial charge in [-0.3, -0.25) is 0 Å². The van der Waals surface area contributed by atoms with Gasteiger partial charge >= 0.3 is 0 Å². The molecule has 0 amide bonds. The molecule has 0 radical (unpaired) electrons. The maximum absolute atomic E-state index is 3.34. The lowest BCUT2D eigenvalue weighted by molar-refractivity contribution is 0.982. The van der Waals surface area contributed by atoms with Crippen molar-refractivity contribution in [2.75, 3.05) is 0 Å². The molecule has 0 heterocycles. The predicted molar refractivity (Wildman–Crippen MR) is 43.1 cm³/mol. The van der Waals surface area contributed by atoms with Crippen LogP contribution in [0.1, 0.15) is 6.92 Å². The lowest BCUT2D eigenvalue weighted by Crippen LogP contribution is -1.79. The molecule has 0 N–H and O–H groups in total. The minimum atomic E-state index is 0.385. The molecule has 0 fully saturated rings. The van der Waals surface area contributed by atoms with Gasteiger partial charge in [0, 0.05) is 16.5 Å². The molecule has 1 heteroatoms. The molecule has 1 atom stereocenters. The van der Waals surface area contributed by atoms with Crippen LogP contribution in [0.15, 0.2) is 22.7 Å². The Morgan fingerprint density at radius 1 is 1.67 bits per heavy atom. The van der Waals surface area contributed by atoms with E-state index in [1.54, 1.807) is 0 Å². The first-order chi connectivity index (χ1) is 4.29. The van der Waals surface area contributed by atoms with Crippen molar-refractivity contribution in [2.24, 2.45) is 5.92 Å². The van der Waals surface area contributed by atoms with Crippen molar-refractivity contribution in [1.29, 1.82) is 0 Å². The Morgan fingerprint density at radius 2 is 2.44 bits per heavy atom. The summed E-state index contributed by atoms with van der Waals surface area (Å²) in [6.07, 6.45) is 5.94. The number of allylic oxidation sites excluding steroid dienone is 4. The molecule has 0 aromatic rings. The standard InChI is InChI=1S/C8H7Br/c1-7-3-2-4-8(9)6-5-7/h4-7H,1H3. The molecule has 0 aromatic carbocycles. The lowest BCUT2D eigenvalue weighted by atomic mass is 10.2. The van der Waals surface area contributed by atoms with Gasteiger partial charge in [0.1, 0.15) is 0 Å². The number of rotatable bonds is 0. The summed E-state index contributed by atoms with van der Waals surface area (Å²) < 4.78 is 1.05. The van der Waals surface area contributed by atoms with E-state index in [4.69, 9.17) is 0 Å². The van der Waals surface area contributed by atoms with Gasteiger partial charge in [-0.15, -0.1) is 0 Å². The maximum atomic E-state index is 3.34. The Bertz CT molecular complexity index is 212. The molecule has 1 unspecified atom stereocenters. The summed E-state index contributed by atoms with van der Waals surface area (Å²) in [6, 6.07) is 0. The third-order valence-electron chi connectivity index (χ3n) is 1.07. The zero-order chi connectivity index (χ0) is 6.69. The zero-order valence-corrected chi connectivity index (χ0v) is 6.77. The summed E-state index contributed by atoms with van der Waals surface area (Å²) in [4.78, 5) is 0. The van der Waals surface area contributed by atoms with E-state index in [2.05, 4.69) is 40.8 Å². The molecule has 0 saturated heterocycles. The largest absolute Gasteiger partial charge is 0.0912 e. The summed E-state index contributed by atoms with van der Waals surface area (Å²) in [7, 11) is 0. The molecule has 9 heavy (non-hydrogen) atoms. The Kier molecular flexibility index (Phi) is 2.13. The number of hydrogen-bond acceptors (Lipinski definition) is 0. The molecule has 0 spiro atoms. The molecule has 0 nitrogen and oxygen atoms in total. The number of hydrogen-bond donors (Lipinski definition) is 0. The van der Waals surface area contributed by atoms with Crippen LogP contribution in [0.2, 0.25) is 0 Å². The predicted octanol–water partition coefficient (Wildman–Crippen LogP) is 2.47. The van der Waals surface area contributed by atoms with Crippen LogP contribution in [0.5, 0.6) is 0 Å². The van der Waals surface area contributed by atoms with Crippen LogP contribution in [0.3, 0.4) is 0 Å². The highest BCUT2D eigenvalue weighted by molar-refractivity contribution is 9.11. The molecule has 0 bridgehead atoms. The van der Waals surface area contributed by atoms with Crippen LogP contribution in [-0.4, -0.2) is 0 Å². The van der Waals surface area contributed by atoms with Crippen molar-refractivity contribution >= 4 is 15.9 Å². The molecular formula is C8H7Br. The highest BCUT2D eigenvalue weighted by Crippen LogP contribution is 2.10. The first kappa shape index (κ1) is 6.64. The van der Waals surface area contributed by atoms with E-state index in [0.717, 1.165) is 4.48 Å². The van der Waals surface area contributed by atoms with Gasteiger partial charge in [-0.1, -0.05) is 39.9 Å². The third kappa shape index (κ3) is 2.07. The van der Waals surface area contributed by atoms with E-state index in [0.29, 0.717) is 5.92 Å². The van der Waals surface area contributed by atoms with Crippen LogP contribution in [0.4, 0.5) is 0 Å². The first-order valence-corrected chi connectivity index (χ1v) is 3.63. The summed E-state index contributed by atoms with van der Waals surface area (Å²) in [5.41, 5.74) is 0. The maximum Gasteiger partial charge on any atom is 0.0361 e. The van der Waals surface area contributed by atoms with E-state index in [1.807, 2.05) is 12.2 Å². The van der Waals surface area contributed by atoms with Crippen LogP contribution in [0, 0.1) is 17.8 Å². The summed E-state index contributed by atoms with van der Waals surface area (Å²) in [5.74, 6) is 6.34. The zero-order valence-electron chi connectivity index (χ0n) is 5.19.